The average Bonchev–Trinajstić information content (AvgIpc) is 2.08. The molecule has 1 rings (SSSR count). The highest BCUT2D eigenvalue weighted by atomic mass is 16.5. The van der Waals surface area contributed by atoms with Crippen LogP contribution in [0.2, 0.25) is 0 Å². The van der Waals surface area contributed by atoms with E-state index in [1.165, 1.54) is 0 Å². The molecule has 0 bridgehead atoms. The van der Waals surface area contributed by atoms with Gasteiger partial charge in [-0.25, -0.2) is 0 Å². The van der Waals surface area contributed by atoms with Crippen LogP contribution in [-0.2, 0) is 9.53 Å². The molecule has 12 heavy (non-hydrogen) atoms. The van der Waals surface area contributed by atoms with E-state index < -0.39 is 0 Å². The van der Waals surface area contributed by atoms with Gasteiger partial charge < -0.3 is 9.64 Å². The molecule has 0 N–H and O–H groups in total. The Balaban J connectivity index is 0.000000561. The van der Waals surface area contributed by atoms with Crippen molar-refractivity contribution in [1.29, 1.82) is 0 Å². The summed E-state index contributed by atoms with van der Waals surface area (Å²) in [6, 6.07) is 0.256. The Morgan fingerprint density at radius 3 is 2.42 bits per heavy atom. The fourth-order valence-corrected chi connectivity index (χ4v) is 1.19. The third-order valence-electron chi connectivity index (χ3n) is 1.77. The molecule has 1 atom stereocenters. The first-order chi connectivity index (χ1) is 5.72. The van der Waals surface area contributed by atoms with E-state index in [0.717, 1.165) is 6.54 Å². The molecular weight excluding hydrogens is 154 g/mol. The van der Waals surface area contributed by atoms with Gasteiger partial charge in [0.15, 0.2) is 0 Å². The maximum Gasteiger partial charge on any atom is 0.219 e. The fourth-order valence-electron chi connectivity index (χ4n) is 1.19. The highest BCUT2D eigenvalue weighted by Gasteiger charge is 2.19. The van der Waals surface area contributed by atoms with Crippen molar-refractivity contribution >= 4 is 5.91 Å². The van der Waals surface area contributed by atoms with E-state index in [4.69, 9.17) is 4.74 Å². The summed E-state index contributed by atoms with van der Waals surface area (Å²) in [5.41, 5.74) is 0. The average molecular weight is 173 g/mol. The molecule has 0 aromatic heterocycles. The summed E-state index contributed by atoms with van der Waals surface area (Å²) in [6.07, 6.45) is 0. The van der Waals surface area contributed by atoms with Gasteiger partial charge in [-0.15, -0.1) is 0 Å². The van der Waals surface area contributed by atoms with Crippen LogP contribution in [-0.4, -0.2) is 36.6 Å². The minimum Gasteiger partial charge on any atom is -0.377 e. The van der Waals surface area contributed by atoms with Gasteiger partial charge in [-0.05, 0) is 6.92 Å². The molecule has 1 saturated heterocycles. The molecule has 0 spiro atoms. The molecule has 0 radical (unpaired) electrons. The van der Waals surface area contributed by atoms with Crippen molar-refractivity contribution in [2.45, 2.75) is 33.7 Å². The highest BCUT2D eigenvalue weighted by molar-refractivity contribution is 5.73. The number of nitrogens with zero attached hydrogens (tertiary/aromatic N) is 1. The van der Waals surface area contributed by atoms with E-state index in [9.17, 15) is 4.79 Å². The lowest BCUT2D eigenvalue weighted by Crippen LogP contribution is -2.46. The van der Waals surface area contributed by atoms with Crippen LogP contribution in [0.5, 0.6) is 0 Å². The minimum absolute atomic E-state index is 0.149. The van der Waals surface area contributed by atoms with Gasteiger partial charge in [-0.1, -0.05) is 13.8 Å². The van der Waals surface area contributed by atoms with Gasteiger partial charge in [0.2, 0.25) is 5.91 Å². The summed E-state index contributed by atoms with van der Waals surface area (Å²) in [5.74, 6) is 0.149. The van der Waals surface area contributed by atoms with Crippen LogP contribution in [0.25, 0.3) is 0 Å². The van der Waals surface area contributed by atoms with Crippen molar-refractivity contribution in [2.24, 2.45) is 0 Å². The van der Waals surface area contributed by atoms with Gasteiger partial charge in [0.1, 0.15) is 0 Å². The first kappa shape index (κ1) is 11.4. The van der Waals surface area contributed by atoms with Crippen molar-refractivity contribution in [3.8, 4) is 0 Å². The normalized spacial score (nSPS) is 22.7. The van der Waals surface area contributed by atoms with Crippen molar-refractivity contribution in [1.82, 2.24) is 4.90 Å². The Kier molecular flexibility index (Phi) is 5.72. The van der Waals surface area contributed by atoms with Gasteiger partial charge in [0, 0.05) is 13.5 Å². The van der Waals surface area contributed by atoms with Crippen LogP contribution in [0, 0.1) is 0 Å². The van der Waals surface area contributed by atoms with Crippen molar-refractivity contribution < 1.29 is 9.53 Å². The van der Waals surface area contributed by atoms with Crippen molar-refractivity contribution in [3.63, 3.8) is 0 Å². The van der Waals surface area contributed by atoms with Crippen molar-refractivity contribution in [2.75, 3.05) is 19.8 Å². The van der Waals surface area contributed by atoms with Gasteiger partial charge in [-0.2, -0.15) is 0 Å². The molecule has 0 aromatic carbocycles. The molecule has 3 nitrogen and oxygen atoms in total. The smallest absolute Gasteiger partial charge is 0.219 e. The number of ether oxygens (including phenoxy) is 1. The summed E-state index contributed by atoms with van der Waals surface area (Å²) in [7, 11) is 0. The molecule has 0 aliphatic carbocycles. The van der Waals surface area contributed by atoms with Crippen molar-refractivity contribution in [3.05, 3.63) is 0 Å². The van der Waals surface area contributed by atoms with Gasteiger partial charge in [0.05, 0.1) is 19.3 Å². The molecule has 0 saturated carbocycles. The van der Waals surface area contributed by atoms with Gasteiger partial charge in [0.25, 0.3) is 0 Å². The highest BCUT2D eigenvalue weighted by Crippen LogP contribution is 2.05. The number of carbonyl (C=O) groups excluding carboxylic acids is 1. The molecule has 1 amide bonds. The SMILES string of the molecule is CC.CC(=O)N1CCOC[C@@H]1C. The minimum atomic E-state index is 0.149. The topological polar surface area (TPSA) is 29.5 Å². The number of carbonyl (C=O) groups is 1. The maximum absolute atomic E-state index is 10.9. The van der Waals surface area contributed by atoms with Crippen LogP contribution in [0.1, 0.15) is 27.7 Å². The lowest BCUT2D eigenvalue weighted by atomic mass is 10.2. The van der Waals surface area contributed by atoms with E-state index in [1.807, 2.05) is 25.7 Å². The molecular formula is C9H19NO2. The Morgan fingerprint density at radius 2 is 2.08 bits per heavy atom. The molecule has 1 aliphatic rings. The third-order valence-corrected chi connectivity index (χ3v) is 1.77. The summed E-state index contributed by atoms with van der Waals surface area (Å²) in [6.45, 7) is 9.71. The number of morpholine rings is 1. The summed E-state index contributed by atoms with van der Waals surface area (Å²) < 4.78 is 5.17. The third kappa shape index (κ3) is 3.22. The second kappa shape index (κ2) is 6.00. The second-order valence-corrected chi connectivity index (χ2v) is 2.64. The van der Waals surface area contributed by atoms with E-state index >= 15 is 0 Å². The predicted molar refractivity (Wildman–Crippen MR) is 49.0 cm³/mol. The zero-order chi connectivity index (χ0) is 9.56. The Morgan fingerprint density at radius 1 is 1.50 bits per heavy atom. The molecule has 1 aliphatic heterocycles. The molecule has 1 heterocycles. The van der Waals surface area contributed by atoms with Crippen LogP contribution >= 0.6 is 0 Å². The van der Waals surface area contributed by atoms with Gasteiger partial charge in [-0.3, -0.25) is 4.79 Å². The molecule has 0 aromatic rings. The largest absolute Gasteiger partial charge is 0.377 e. The molecule has 0 unspecified atom stereocenters. The van der Waals surface area contributed by atoms with E-state index in [0.29, 0.717) is 13.2 Å². The Bertz CT molecular complexity index is 136. The maximum atomic E-state index is 10.9. The zero-order valence-corrected chi connectivity index (χ0v) is 8.46. The van der Waals surface area contributed by atoms with Crippen LogP contribution in [0.4, 0.5) is 0 Å². The molecule has 1 fully saturated rings. The first-order valence-electron chi connectivity index (χ1n) is 4.57. The summed E-state index contributed by atoms with van der Waals surface area (Å²) in [4.78, 5) is 12.7. The lowest BCUT2D eigenvalue weighted by molar-refractivity contribution is -0.136. The van der Waals surface area contributed by atoms with Crippen LogP contribution < -0.4 is 0 Å². The quantitative estimate of drug-likeness (QED) is 0.552. The van der Waals surface area contributed by atoms with E-state index in [-0.39, 0.29) is 11.9 Å². The van der Waals surface area contributed by atoms with Crippen LogP contribution in [0.3, 0.4) is 0 Å². The summed E-state index contributed by atoms with van der Waals surface area (Å²) in [5, 5.41) is 0. The number of hydrogen-bond acceptors (Lipinski definition) is 2. The molecule has 3 heteroatoms. The number of rotatable bonds is 0. The number of hydrogen-bond donors (Lipinski definition) is 0. The second-order valence-electron chi connectivity index (χ2n) is 2.64. The first-order valence-corrected chi connectivity index (χ1v) is 4.57. The van der Waals surface area contributed by atoms with Gasteiger partial charge >= 0.3 is 0 Å². The molecule has 72 valence electrons. The van der Waals surface area contributed by atoms with Crippen LogP contribution in [0.15, 0.2) is 0 Å². The number of amides is 1. The summed E-state index contributed by atoms with van der Waals surface area (Å²) >= 11 is 0. The van der Waals surface area contributed by atoms with E-state index in [1.54, 1.807) is 6.92 Å². The Labute approximate surface area is 74.7 Å². The monoisotopic (exact) mass is 173 g/mol. The van der Waals surface area contributed by atoms with E-state index in [2.05, 4.69) is 0 Å². The fraction of sp³-hybridized carbons (Fsp3) is 0.889. The Hall–Kier alpha value is -0.570. The standard InChI is InChI=1S/C7H13NO2.C2H6/c1-6-5-10-4-3-8(6)7(2)9;1-2/h6H,3-5H2,1-2H3;1-2H3/t6-;/m0./s1. The zero-order valence-electron chi connectivity index (χ0n) is 8.46. The lowest BCUT2D eigenvalue weighted by Gasteiger charge is -2.32. The predicted octanol–water partition coefficient (Wildman–Crippen LogP) is 1.28.